The van der Waals surface area contributed by atoms with Crippen molar-refractivity contribution in [2.24, 2.45) is 0 Å². The van der Waals surface area contributed by atoms with E-state index in [0.29, 0.717) is 5.15 Å². The standard InChI is InChI=1S/C9H8ClN4O.3C4H9.Sn/c10-8-7-9(12-4-11-8)14(5-13-7)6-2-1-3-15-6;3*1-3-4-2;/h5-6H,1-3H2;3*1,3-4H2,2H3;. The third-order valence-electron chi connectivity index (χ3n) is 6.10. The zero-order valence-electron chi connectivity index (χ0n) is 17.7. The average Bonchev–Trinajstić information content (AvgIpc) is 3.37. The Kier molecular flexibility index (Phi) is 8.42. The molecular formula is C21H35ClN4OSn. The van der Waals surface area contributed by atoms with Crippen molar-refractivity contribution in [3.8, 4) is 0 Å². The van der Waals surface area contributed by atoms with E-state index in [4.69, 9.17) is 26.3 Å². The minimum atomic E-state index is -2.74. The van der Waals surface area contributed by atoms with Gasteiger partial charge in [-0.15, -0.1) is 0 Å². The number of ether oxygens (including phenoxy) is 1. The zero-order chi connectivity index (χ0) is 20.0. The predicted octanol–water partition coefficient (Wildman–Crippen LogP) is 5.84. The van der Waals surface area contributed by atoms with Crippen molar-refractivity contribution in [3.05, 3.63) is 11.5 Å². The van der Waals surface area contributed by atoms with Crippen LogP contribution in [-0.4, -0.2) is 44.5 Å². The number of nitrogens with zero attached hydrogens (tertiary/aromatic N) is 4. The van der Waals surface area contributed by atoms with Crippen LogP contribution in [0.1, 0.15) is 78.4 Å². The summed E-state index contributed by atoms with van der Waals surface area (Å²) in [4.78, 5) is 14.6. The third kappa shape index (κ3) is 4.84. The monoisotopic (exact) mass is 514 g/mol. The number of aromatic nitrogens is 4. The summed E-state index contributed by atoms with van der Waals surface area (Å²) in [7, 11) is 0. The first-order chi connectivity index (χ1) is 13.6. The van der Waals surface area contributed by atoms with Gasteiger partial charge in [-0.25, -0.2) is 0 Å². The van der Waals surface area contributed by atoms with Crippen molar-refractivity contribution >= 4 is 45.0 Å². The molecule has 0 aromatic carbocycles. The van der Waals surface area contributed by atoms with Gasteiger partial charge in [0.15, 0.2) is 0 Å². The van der Waals surface area contributed by atoms with Gasteiger partial charge in [-0.05, 0) is 0 Å². The Morgan fingerprint density at radius 1 is 1.07 bits per heavy atom. The van der Waals surface area contributed by atoms with Gasteiger partial charge in [0.2, 0.25) is 0 Å². The molecule has 156 valence electrons. The molecule has 7 heteroatoms. The van der Waals surface area contributed by atoms with Crippen LogP contribution in [0.15, 0.2) is 6.33 Å². The summed E-state index contributed by atoms with van der Waals surface area (Å²) < 4.78 is 13.1. The van der Waals surface area contributed by atoms with Crippen molar-refractivity contribution in [3.63, 3.8) is 0 Å². The molecule has 3 rings (SSSR count). The number of unbranched alkanes of at least 4 members (excludes halogenated alkanes) is 3. The molecule has 0 N–H and O–H groups in total. The van der Waals surface area contributed by atoms with Crippen LogP contribution in [0.2, 0.25) is 18.5 Å². The van der Waals surface area contributed by atoms with Crippen LogP contribution in [0.4, 0.5) is 0 Å². The van der Waals surface area contributed by atoms with Crippen molar-refractivity contribution in [1.82, 2.24) is 19.5 Å². The SMILES string of the molecule is CCC[CH2][Sn]([CH2]CCC)([CH2]CCC)[c]1nc(Cl)c2ncn(C3CCCO3)c2n1. The Bertz CT molecular complexity index is 738. The van der Waals surface area contributed by atoms with E-state index in [2.05, 4.69) is 30.3 Å². The number of hydrogen-bond acceptors (Lipinski definition) is 4. The fraction of sp³-hybridized carbons (Fsp3) is 0.762. The van der Waals surface area contributed by atoms with E-state index in [9.17, 15) is 0 Å². The third-order valence-corrected chi connectivity index (χ3v) is 20.9. The summed E-state index contributed by atoms with van der Waals surface area (Å²) in [6, 6.07) is 0. The molecule has 1 fully saturated rings. The van der Waals surface area contributed by atoms with E-state index in [0.717, 1.165) is 34.5 Å². The van der Waals surface area contributed by atoms with Crippen molar-refractivity contribution in [2.75, 3.05) is 6.61 Å². The first-order valence-electron chi connectivity index (χ1n) is 11.2. The van der Waals surface area contributed by atoms with Crippen LogP contribution in [0.3, 0.4) is 0 Å². The molecule has 0 bridgehead atoms. The Morgan fingerprint density at radius 2 is 1.71 bits per heavy atom. The molecule has 1 atom stereocenters. The molecule has 0 radical (unpaired) electrons. The van der Waals surface area contributed by atoms with E-state index in [1.54, 1.807) is 0 Å². The van der Waals surface area contributed by atoms with Gasteiger partial charge in [0.25, 0.3) is 0 Å². The summed E-state index contributed by atoms with van der Waals surface area (Å²) >= 11 is 3.92. The van der Waals surface area contributed by atoms with Crippen molar-refractivity contribution in [1.29, 1.82) is 0 Å². The van der Waals surface area contributed by atoms with Crippen LogP contribution in [0.25, 0.3) is 11.2 Å². The molecule has 28 heavy (non-hydrogen) atoms. The molecular weight excluding hydrogens is 478 g/mol. The molecule has 2 aromatic heterocycles. The second-order valence-electron chi connectivity index (χ2n) is 8.22. The van der Waals surface area contributed by atoms with Gasteiger partial charge in [0, 0.05) is 0 Å². The second-order valence-corrected chi connectivity index (χ2v) is 21.4. The molecule has 5 nitrogen and oxygen atoms in total. The fourth-order valence-electron chi connectivity index (χ4n) is 4.37. The molecule has 0 amide bonds. The van der Waals surface area contributed by atoms with E-state index < -0.39 is 18.4 Å². The zero-order valence-corrected chi connectivity index (χ0v) is 21.3. The van der Waals surface area contributed by atoms with Crippen LogP contribution in [0, 0.1) is 0 Å². The van der Waals surface area contributed by atoms with Crippen molar-refractivity contribution in [2.45, 2.75) is 91.7 Å². The van der Waals surface area contributed by atoms with Gasteiger partial charge in [-0.2, -0.15) is 0 Å². The number of hydrogen-bond donors (Lipinski definition) is 0. The van der Waals surface area contributed by atoms with Gasteiger partial charge in [0.05, 0.1) is 0 Å². The molecule has 0 saturated carbocycles. The minimum absolute atomic E-state index is 0.0374. The first-order valence-corrected chi connectivity index (χ1v) is 19.0. The van der Waals surface area contributed by atoms with Gasteiger partial charge in [-0.1, -0.05) is 0 Å². The van der Waals surface area contributed by atoms with Crippen LogP contribution < -0.4 is 3.84 Å². The normalized spacial score (nSPS) is 17.6. The van der Waals surface area contributed by atoms with Gasteiger partial charge < -0.3 is 0 Å². The van der Waals surface area contributed by atoms with Crippen LogP contribution >= 0.6 is 11.6 Å². The molecule has 2 aromatic rings. The summed E-state index contributed by atoms with van der Waals surface area (Å²) in [6.07, 6.45) is 11.5. The first kappa shape index (κ1) is 22.3. The topological polar surface area (TPSA) is 52.8 Å². The molecule has 0 spiro atoms. The fourth-order valence-corrected chi connectivity index (χ4v) is 19.6. The molecule has 1 saturated heterocycles. The molecule has 1 unspecified atom stereocenters. The Balaban J connectivity index is 2.07. The summed E-state index contributed by atoms with van der Waals surface area (Å²) in [5.74, 6) is 0. The van der Waals surface area contributed by atoms with Gasteiger partial charge >= 0.3 is 179 Å². The number of fused-ring (bicyclic) bond motifs is 1. The second kappa shape index (κ2) is 10.6. The molecule has 1 aliphatic rings. The molecule has 0 aliphatic carbocycles. The van der Waals surface area contributed by atoms with Crippen LogP contribution in [0.5, 0.6) is 0 Å². The molecule has 1 aliphatic heterocycles. The maximum absolute atomic E-state index is 6.66. The summed E-state index contributed by atoms with van der Waals surface area (Å²) in [5.41, 5.74) is 1.61. The van der Waals surface area contributed by atoms with Crippen molar-refractivity contribution < 1.29 is 4.74 Å². The Labute approximate surface area is 178 Å². The number of rotatable bonds is 11. The predicted molar refractivity (Wildman–Crippen MR) is 119 cm³/mol. The maximum atomic E-state index is 6.66. The van der Waals surface area contributed by atoms with E-state index >= 15 is 0 Å². The quantitative estimate of drug-likeness (QED) is 0.280. The van der Waals surface area contributed by atoms with Crippen LogP contribution in [-0.2, 0) is 4.74 Å². The van der Waals surface area contributed by atoms with E-state index in [-0.39, 0.29) is 6.23 Å². The molecule has 3 heterocycles. The Hall–Kier alpha value is -0.401. The van der Waals surface area contributed by atoms with E-state index in [1.807, 2.05) is 6.33 Å². The summed E-state index contributed by atoms with van der Waals surface area (Å²) in [5, 5.41) is 0.530. The Morgan fingerprint density at radius 3 is 2.25 bits per heavy atom. The summed E-state index contributed by atoms with van der Waals surface area (Å²) in [6.45, 7) is 7.68. The average molecular weight is 514 g/mol. The number of halogens is 1. The van der Waals surface area contributed by atoms with E-state index in [1.165, 1.54) is 51.8 Å². The number of imidazole rings is 1. The van der Waals surface area contributed by atoms with Gasteiger partial charge in [0.1, 0.15) is 0 Å². The van der Waals surface area contributed by atoms with Gasteiger partial charge in [-0.3, -0.25) is 0 Å².